The van der Waals surface area contributed by atoms with Gasteiger partial charge in [-0.2, -0.15) is 0 Å². The molecule has 0 heterocycles. The summed E-state index contributed by atoms with van der Waals surface area (Å²) in [4.78, 5) is 22.9. The van der Waals surface area contributed by atoms with Crippen LogP contribution >= 0.6 is 0 Å². The fourth-order valence-corrected chi connectivity index (χ4v) is 2.86. The molecule has 1 amide bonds. The van der Waals surface area contributed by atoms with Crippen LogP contribution in [0, 0.1) is 5.92 Å². The summed E-state index contributed by atoms with van der Waals surface area (Å²) in [5.41, 5.74) is 5.31. The van der Waals surface area contributed by atoms with E-state index in [9.17, 15) is 9.59 Å². The third-order valence-corrected chi connectivity index (χ3v) is 4.06. The van der Waals surface area contributed by atoms with Crippen molar-refractivity contribution in [3.8, 4) is 0 Å². The number of carboxylic acids is 1. The lowest BCUT2D eigenvalue weighted by Crippen LogP contribution is -2.53. The highest BCUT2D eigenvalue weighted by molar-refractivity contribution is 5.83. The highest BCUT2D eigenvalue weighted by Crippen LogP contribution is 2.35. The van der Waals surface area contributed by atoms with Gasteiger partial charge in [-0.25, -0.2) is 0 Å². The molecule has 2 rings (SSSR count). The molecule has 1 atom stereocenters. The summed E-state index contributed by atoms with van der Waals surface area (Å²) < 4.78 is 0. The Kier molecular flexibility index (Phi) is 3.90. The zero-order chi connectivity index (χ0) is 13.2. The number of nitrogens with two attached hydrogens (primary N) is 1. The van der Waals surface area contributed by atoms with Crippen molar-refractivity contribution in [1.82, 2.24) is 5.32 Å². The van der Waals surface area contributed by atoms with Crippen molar-refractivity contribution in [1.29, 1.82) is 0 Å². The maximum absolute atomic E-state index is 12.0. The maximum Gasteiger partial charge on any atom is 0.305 e. The number of carbonyl (C=O) groups excluding carboxylic acids is 1. The predicted molar refractivity (Wildman–Crippen MR) is 66.9 cm³/mol. The van der Waals surface area contributed by atoms with Crippen LogP contribution in [0.25, 0.3) is 0 Å². The van der Waals surface area contributed by atoms with E-state index < -0.39 is 17.6 Å². The van der Waals surface area contributed by atoms with E-state index in [1.54, 1.807) is 0 Å². The average molecular weight is 254 g/mol. The number of nitrogens with one attached hydrogen (secondary N) is 1. The van der Waals surface area contributed by atoms with Crippen LogP contribution in [0.1, 0.15) is 51.4 Å². The SMILES string of the molecule is N[C@@H](CC1CC1)C(=O)NC1(CC(=O)O)CCCC1. The molecule has 18 heavy (non-hydrogen) atoms. The highest BCUT2D eigenvalue weighted by atomic mass is 16.4. The molecular weight excluding hydrogens is 232 g/mol. The summed E-state index contributed by atoms with van der Waals surface area (Å²) in [5.74, 6) is -0.428. The molecule has 0 unspecified atom stereocenters. The molecule has 2 saturated carbocycles. The van der Waals surface area contributed by atoms with Crippen molar-refractivity contribution in [2.24, 2.45) is 11.7 Å². The van der Waals surface area contributed by atoms with E-state index in [2.05, 4.69) is 5.32 Å². The zero-order valence-electron chi connectivity index (χ0n) is 10.7. The standard InChI is InChI=1S/C13H22N2O3/c14-10(7-9-3-4-9)12(18)15-13(8-11(16)17)5-1-2-6-13/h9-10H,1-8,14H2,(H,15,18)(H,16,17)/t10-/m0/s1. The van der Waals surface area contributed by atoms with Crippen molar-refractivity contribution in [3.63, 3.8) is 0 Å². The summed E-state index contributed by atoms with van der Waals surface area (Å²) in [6.07, 6.45) is 6.53. The van der Waals surface area contributed by atoms with Crippen LogP contribution in [-0.4, -0.2) is 28.6 Å². The predicted octanol–water partition coefficient (Wildman–Crippen LogP) is 1.02. The van der Waals surface area contributed by atoms with Crippen LogP contribution in [0.4, 0.5) is 0 Å². The van der Waals surface area contributed by atoms with Gasteiger partial charge in [0.05, 0.1) is 18.0 Å². The minimum absolute atomic E-state index is 0.00882. The van der Waals surface area contributed by atoms with Crippen LogP contribution < -0.4 is 11.1 Å². The molecule has 2 aliphatic rings. The lowest BCUT2D eigenvalue weighted by atomic mass is 9.92. The van der Waals surface area contributed by atoms with Gasteiger partial charge < -0.3 is 16.2 Å². The van der Waals surface area contributed by atoms with Gasteiger partial charge in [0.25, 0.3) is 0 Å². The monoisotopic (exact) mass is 254 g/mol. The van der Waals surface area contributed by atoms with Crippen LogP contribution in [-0.2, 0) is 9.59 Å². The van der Waals surface area contributed by atoms with Crippen molar-refractivity contribution in [2.75, 3.05) is 0 Å². The Balaban J connectivity index is 1.90. The number of rotatable bonds is 6. The molecule has 2 fully saturated rings. The van der Waals surface area contributed by atoms with E-state index in [0.29, 0.717) is 5.92 Å². The van der Waals surface area contributed by atoms with E-state index in [1.807, 2.05) is 0 Å². The second kappa shape index (κ2) is 5.26. The number of carboxylic acid groups (broad SMARTS) is 1. The fraction of sp³-hybridized carbons (Fsp3) is 0.846. The molecule has 0 spiro atoms. The van der Waals surface area contributed by atoms with E-state index in [1.165, 1.54) is 12.8 Å². The maximum atomic E-state index is 12.0. The highest BCUT2D eigenvalue weighted by Gasteiger charge is 2.39. The Morgan fingerprint density at radius 2 is 1.94 bits per heavy atom. The summed E-state index contributed by atoms with van der Waals surface area (Å²) in [7, 11) is 0. The van der Waals surface area contributed by atoms with Gasteiger partial charge in [-0.3, -0.25) is 9.59 Å². The summed E-state index contributed by atoms with van der Waals surface area (Å²) in [5, 5.41) is 11.9. The van der Waals surface area contributed by atoms with Gasteiger partial charge in [0.15, 0.2) is 0 Å². The average Bonchev–Trinajstić information content (AvgIpc) is 2.98. The second-order valence-electron chi connectivity index (χ2n) is 5.83. The Hall–Kier alpha value is -1.10. The normalized spacial score (nSPS) is 23.6. The number of aliphatic carboxylic acids is 1. The number of hydrogen-bond donors (Lipinski definition) is 3. The fourth-order valence-electron chi connectivity index (χ4n) is 2.86. The molecule has 4 N–H and O–H groups in total. The molecule has 0 aromatic heterocycles. The molecule has 0 bridgehead atoms. The zero-order valence-corrected chi connectivity index (χ0v) is 10.7. The first-order valence-electron chi connectivity index (χ1n) is 6.80. The molecule has 0 radical (unpaired) electrons. The van der Waals surface area contributed by atoms with E-state index >= 15 is 0 Å². The first-order valence-corrected chi connectivity index (χ1v) is 6.80. The second-order valence-corrected chi connectivity index (χ2v) is 5.83. The molecule has 0 aromatic carbocycles. The molecule has 102 valence electrons. The lowest BCUT2D eigenvalue weighted by Gasteiger charge is -2.30. The van der Waals surface area contributed by atoms with Gasteiger partial charge >= 0.3 is 5.97 Å². The minimum Gasteiger partial charge on any atom is -0.481 e. The van der Waals surface area contributed by atoms with E-state index in [0.717, 1.165) is 32.1 Å². The van der Waals surface area contributed by atoms with Gasteiger partial charge in [0, 0.05) is 0 Å². The molecule has 2 aliphatic carbocycles. The van der Waals surface area contributed by atoms with Crippen molar-refractivity contribution in [2.45, 2.75) is 62.9 Å². The molecule has 0 saturated heterocycles. The third-order valence-electron chi connectivity index (χ3n) is 4.06. The Morgan fingerprint density at radius 3 is 2.44 bits per heavy atom. The van der Waals surface area contributed by atoms with Crippen molar-refractivity contribution < 1.29 is 14.7 Å². The first kappa shape index (κ1) is 13.3. The van der Waals surface area contributed by atoms with Crippen LogP contribution in [0.3, 0.4) is 0 Å². The molecule has 0 aromatic rings. The van der Waals surface area contributed by atoms with Gasteiger partial charge in [-0.15, -0.1) is 0 Å². The van der Waals surface area contributed by atoms with E-state index in [4.69, 9.17) is 10.8 Å². The Morgan fingerprint density at radius 1 is 1.33 bits per heavy atom. The van der Waals surface area contributed by atoms with Gasteiger partial charge in [-0.1, -0.05) is 25.7 Å². The van der Waals surface area contributed by atoms with Gasteiger partial charge in [0.1, 0.15) is 0 Å². The molecule has 0 aliphatic heterocycles. The van der Waals surface area contributed by atoms with Gasteiger partial charge in [-0.05, 0) is 25.2 Å². The topological polar surface area (TPSA) is 92.4 Å². The van der Waals surface area contributed by atoms with Crippen LogP contribution in [0.2, 0.25) is 0 Å². The quantitative estimate of drug-likeness (QED) is 0.659. The summed E-state index contributed by atoms with van der Waals surface area (Å²) >= 11 is 0. The summed E-state index contributed by atoms with van der Waals surface area (Å²) in [6, 6.07) is -0.483. The van der Waals surface area contributed by atoms with Crippen molar-refractivity contribution >= 4 is 11.9 Å². The Labute approximate surface area is 107 Å². The van der Waals surface area contributed by atoms with E-state index in [-0.39, 0.29) is 12.3 Å². The molecule has 5 nitrogen and oxygen atoms in total. The van der Waals surface area contributed by atoms with Crippen LogP contribution in [0.15, 0.2) is 0 Å². The summed E-state index contributed by atoms with van der Waals surface area (Å²) in [6.45, 7) is 0. The smallest absolute Gasteiger partial charge is 0.305 e. The lowest BCUT2D eigenvalue weighted by molar-refractivity contribution is -0.139. The number of hydrogen-bond acceptors (Lipinski definition) is 3. The van der Waals surface area contributed by atoms with Crippen LogP contribution in [0.5, 0.6) is 0 Å². The van der Waals surface area contributed by atoms with Gasteiger partial charge in [0.2, 0.25) is 5.91 Å². The number of amides is 1. The largest absolute Gasteiger partial charge is 0.481 e. The Bertz CT molecular complexity index is 333. The molecule has 5 heteroatoms. The third kappa shape index (κ3) is 3.45. The first-order chi connectivity index (χ1) is 8.51. The molecular formula is C13H22N2O3. The minimum atomic E-state index is -0.854. The van der Waals surface area contributed by atoms with Crippen molar-refractivity contribution in [3.05, 3.63) is 0 Å². The number of carbonyl (C=O) groups is 2.